The maximum Gasteiger partial charge on any atom is 0.277 e. The van der Waals surface area contributed by atoms with Gasteiger partial charge in [0.15, 0.2) is 5.82 Å². The second-order valence-corrected chi connectivity index (χ2v) is 9.78. The van der Waals surface area contributed by atoms with E-state index in [0.29, 0.717) is 35.6 Å². The Morgan fingerprint density at radius 1 is 1.17 bits per heavy atom. The lowest BCUT2D eigenvalue weighted by Gasteiger charge is -2.18. The summed E-state index contributed by atoms with van der Waals surface area (Å²) in [6.45, 7) is 8.38. The minimum atomic E-state index is -3.57. The third kappa shape index (κ3) is 4.90. The smallest absolute Gasteiger partial charge is 0.277 e. The van der Waals surface area contributed by atoms with Gasteiger partial charge in [0.1, 0.15) is 0 Å². The van der Waals surface area contributed by atoms with E-state index in [1.807, 2.05) is 20.8 Å². The fourth-order valence-electron chi connectivity index (χ4n) is 2.84. The predicted octanol–water partition coefficient (Wildman–Crippen LogP) is 3.96. The second kappa shape index (κ2) is 9.71. The van der Waals surface area contributed by atoms with Gasteiger partial charge in [0.25, 0.3) is 5.22 Å². The molecule has 3 rings (SSSR count). The molecule has 0 spiro atoms. The molecule has 0 amide bonds. The highest BCUT2D eigenvalue weighted by atomic mass is 32.2. The average molecular weight is 452 g/mol. The van der Waals surface area contributed by atoms with E-state index < -0.39 is 10.0 Å². The number of aryl methyl sites for hydroxylation is 1. The molecular formula is C19H25N5O4S2. The summed E-state index contributed by atoms with van der Waals surface area (Å²) in [7, 11) is -3.57. The van der Waals surface area contributed by atoms with E-state index in [1.165, 1.54) is 16.1 Å². The molecule has 1 atom stereocenters. The zero-order valence-corrected chi connectivity index (χ0v) is 19.0. The summed E-state index contributed by atoms with van der Waals surface area (Å²) in [5.41, 5.74) is 0.540. The highest BCUT2D eigenvalue weighted by Crippen LogP contribution is 2.34. The number of aromatic nitrogens is 4. The summed E-state index contributed by atoms with van der Waals surface area (Å²) in [6.07, 6.45) is 1.70. The van der Waals surface area contributed by atoms with E-state index in [-0.39, 0.29) is 16.0 Å². The van der Waals surface area contributed by atoms with Gasteiger partial charge in [-0.15, -0.1) is 10.2 Å². The Balaban J connectivity index is 1.77. The maximum absolute atomic E-state index is 12.8. The molecule has 0 radical (unpaired) electrons. The van der Waals surface area contributed by atoms with Crippen LogP contribution in [-0.2, 0) is 16.4 Å². The minimum absolute atomic E-state index is 0.161. The number of nitrogens with zero attached hydrogens (tertiary/aromatic N) is 5. The van der Waals surface area contributed by atoms with Crippen molar-refractivity contribution < 1.29 is 17.4 Å². The molecule has 11 heteroatoms. The lowest BCUT2D eigenvalue weighted by Crippen LogP contribution is -2.30. The number of hydrogen-bond acceptors (Lipinski definition) is 9. The van der Waals surface area contributed by atoms with Crippen molar-refractivity contribution in [3.8, 4) is 11.5 Å². The number of thioether (sulfide) groups is 1. The van der Waals surface area contributed by atoms with E-state index in [9.17, 15) is 8.42 Å². The van der Waals surface area contributed by atoms with Crippen LogP contribution in [0.15, 0.2) is 43.3 Å². The van der Waals surface area contributed by atoms with Crippen LogP contribution in [-0.4, -0.2) is 46.2 Å². The molecule has 3 aromatic rings. The summed E-state index contributed by atoms with van der Waals surface area (Å²) in [6, 6.07) is 6.52. The first-order chi connectivity index (χ1) is 14.4. The van der Waals surface area contributed by atoms with Gasteiger partial charge in [0.05, 0.1) is 10.1 Å². The van der Waals surface area contributed by atoms with Crippen molar-refractivity contribution in [3.63, 3.8) is 0 Å². The Hall–Kier alpha value is -2.24. The maximum atomic E-state index is 12.8. The van der Waals surface area contributed by atoms with E-state index >= 15 is 0 Å². The largest absolute Gasteiger partial charge is 0.411 e. The summed E-state index contributed by atoms with van der Waals surface area (Å²) < 4.78 is 38.0. The topological polar surface area (TPSA) is 115 Å². The molecule has 0 aliphatic rings. The SMILES string of the molecule is CCCc1noc([C@@H](C)Sc2nnc(-c3cccc(S(=O)(=O)N(CC)CC)c3)o2)n1. The van der Waals surface area contributed by atoms with Crippen molar-refractivity contribution >= 4 is 21.8 Å². The van der Waals surface area contributed by atoms with Gasteiger partial charge in [-0.2, -0.15) is 9.29 Å². The van der Waals surface area contributed by atoms with E-state index in [2.05, 4.69) is 27.3 Å². The molecule has 0 unspecified atom stereocenters. The number of benzene rings is 1. The van der Waals surface area contributed by atoms with Crippen LogP contribution in [0.4, 0.5) is 0 Å². The van der Waals surface area contributed by atoms with Crippen LogP contribution in [0, 0.1) is 0 Å². The summed E-state index contributed by atoms with van der Waals surface area (Å²) in [4.78, 5) is 4.57. The Morgan fingerprint density at radius 3 is 2.63 bits per heavy atom. The van der Waals surface area contributed by atoms with E-state index in [4.69, 9.17) is 8.94 Å². The Labute approximate surface area is 180 Å². The zero-order chi connectivity index (χ0) is 21.7. The fourth-order valence-corrected chi connectivity index (χ4v) is 5.05. The molecule has 0 aliphatic carbocycles. The second-order valence-electron chi connectivity index (χ2n) is 6.55. The fraction of sp³-hybridized carbons (Fsp3) is 0.474. The van der Waals surface area contributed by atoms with Crippen LogP contribution in [0.2, 0.25) is 0 Å². The number of hydrogen-bond donors (Lipinski definition) is 0. The molecule has 1 aromatic carbocycles. The summed E-state index contributed by atoms with van der Waals surface area (Å²) in [5, 5.41) is 12.3. The Morgan fingerprint density at radius 2 is 1.93 bits per heavy atom. The van der Waals surface area contributed by atoms with Gasteiger partial charge in [0, 0.05) is 25.1 Å². The summed E-state index contributed by atoms with van der Waals surface area (Å²) >= 11 is 1.30. The van der Waals surface area contributed by atoms with Crippen molar-refractivity contribution in [1.29, 1.82) is 0 Å². The number of rotatable bonds is 10. The van der Waals surface area contributed by atoms with Crippen LogP contribution in [0.5, 0.6) is 0 Å². The Kier molecular flexibility index (Phi) is 7.27. The quantitative estimate of drug-likeness (QED) is 0.422. The van der Waals surface area contributed by atoms with Crippen molar-refractivity contribution in [1.82, 2.24) is 24.6 Å². The van der Waals surface area contributed by atoms with Crippen LogP contribution in [0.25, 0.3) is 11.5 Å². The van der Waals surface area contributed by atoms with Gasteiger partial charge in [0.2, 0.25) is 21.8 Å². The lowest BCUT2D eigenvalue weighted by molar-refractivity contribution is 0.373. The predicted molar refractivity (Wildman–Crippen MR) is 112 cm³/mol. The standard InChI is InChI=1S/C19H25N5O4S2/c1-5-9-16-20-17(28-23-16)13(4)29-19-22-21-18(27-19)14-10-8-11-15(12-14)30(25,26)24(6-2)7-3/h8,10-13H,5-7,9H2,1-4H3/t13-/m1/s1. The van der Waals surface area contributed by atoms with Crippen LogP contribution in [0.3, 0.4) is 0 Å². The third-order valence-corrected chi connectivity index (χ3v) is 7.38. The van der Waals surface area contributed by atoms with Crippen LogP contribution < -0.4 is 0 Å². The molecule has 0 aliphatic heterocycles. The first kappa shape index (κ1) is 22.4. The molecule has 30 heavy (non-hydrogen) atoms. The molecule has 0 N–H and O–H groups in total. The van der Waals surface area contributed by atoms with E-state index in [1.54, 1.807) is 24.3 Å². The highest BCUT2D eigenvalue weighted by Gasteiger charge is 2.23. The van der Waals surface area contributed by atoms with Gasteiger partial charge in [-0.3, -0.25) is 0 Å². The molecule has 0 saturated heterocycles. The van der Waals surface area contributed by atoms with Crippen molar-refractivity contribution in [2.45, 2.75) is 55.9 Å². The molecule has 9 nitrogen and oxygen atoms in total. The molecule has 2 aromatic heterocycles. The molecule has 2 heterocycles. The van der Waals surface area contributed by atoms with Gasteiger partial charge in [-0.25, -0.2) is 8.42 Å². The van der Waals surface area contributed by atoms with Crippen molar-refractivity contribution in [2.24, 2.45) is 0 Å². The molecule has 162 valence electrons. The van der Waals surface area contributed by atoms with Gasteiger partial charge < -0.3 is 8.94 Å². The van der Waals surface area contributed by atoms with Crippen molar-refractivity contribution in [2.75, 3.05) is 13.1 Å². The van der Waals surface area contributed by atoms with Crippen molar-refractivity contribution in [3.05, 3.63) is 36.0 Å². The number of sulfonamides is 1. The normalized spacial score (nSPS) is 13.1. The minimum Gasteiger partial charge on any atom is -0.411 e. The molecule has 0 fully saturated rings. The van der Waals surface area contributed by atoms with Gasteiger partial charge in [-0.1, -0.05) is 43.8 Å². The third-order valence-electron chi connectivity index (χ3n) is 4.41. The zero-order valence-electron chi connectivity index (χ0n) is 17.4. The van der Waals surface area contributed by atoms with Gasteiger partial charge >= 0.3 is 0 Å². The molecule has 0 saturated carbocycles. The molecular weight excluding hydrogens is 426 g/mol. The Bertz CT molecular complexity index is 1080. The van der Waals surface area contributed by atoms with E-state index in [0.717, 1.165) is 12.8 Å². The summed E-state index contributed by atoms with van der Waals surface area (Å²) in [5.74, 6) is 1.42. The molecule has 0 bridgehead atoms. The van der Waals surface area contributed by atoms with Crippen LogP contribution >= 0.6 is 11.8 Å². The monoisotopic (exact) mass is 451 g/mol. The first-order valence-electron chi connectivity index (χ1n) is 9.82. The average Bonchev–Trinajstić information content (AvgIpc) is 3.39. The highest BCUT2D eigenvalue weighted by molar-refractivity contribution is 7.99. The first-order valence-corrected chi connectivity index (χ1v) is 12.1. The van der Waals surface area contributed by atoms with Crippen LogP contribution in [0.1, 0.15) is 51.1 Å². The lowest BCUT2D eigenvalue weighted by atomic mass is 10.2. The van der Waals surface area contributed by atoms with Gasteiger partial charge in [-0.05, 0) is 31.5 Å².